The predicted molar refractivity (Wildman–Crippen MR) is 210 cm³/mol. The van der Waals surface area contributed by atoms with Gasteiger partial charge in [-0.25, -0.2) is 0 Å². The average Bonchev–Trinajstić information content (AvgIpc) is 3.07. The molecule has 0 aliphatic heterocycles. The first kappa shape index (κ1) is 38.4. The number of benzene rings is 3. The Morgan fingerprint density at radius 2 is 1.24 bits per heavy atom. The summed E-state index contributed by atoms with van der Waals surface area (Å²) >= 11 is 0. The molecule has 0 aromatic heterocycles. The summed E-state index contributed by atoms with van der Waals surface area (Å²) in [5.74, 6) is 2.40. The van der Waals surface area contributed by atoms with Crippen LogP contribution in [0.1, 0.15) is 110 Å². The molecule has 0 unspecified atom stereocenters. The first-order chi connectivity index (χ1) is 23.7. The summed E-state index contributed by atoms with van der Waals surface area (Å²) in [4.78, 5) is 0. The summed E-state index contributed by atoms with van der Waals surface area (Å²) in [7, 11) is -2.11. The van der Waals surface area contributed by atoms with Gasteiger partial charge in [-0.1, -0.05) is 135 Å². The van der Waals surface area contributed by atoms with Crippen LogP contribution < -0.4 is 9.47 Å². The van der Waals surface area contributed by atoms with E-state index >= 15 is 0 Å². The van der Waals surface area contributed by atoms with Crippen LogP contribution in [0.2, 0.25) is 16.6 Å². The van der Waals surface area contributed by atoms with E-state index in [0.717, 1.165) is 65.9 Å². The fourth-order valence-electron chi connectivity index (χ4n) is 10.1. The van der Waals surface area contributed by atoms with Crippen molar-refractivity contribution in [2.75, 3.05) is 0 Å². The first-order valence-corrected chi connectivity index (χ1v) is 21.3. The molecular weight excluding hydrogens is 633 g/mol. The standard InChI is InChI=1S/C45H64O4Si/c1-31(2)50(32(3)4,33(5)6)49-30-37-25-40(47-28-35-17-13-11-14-18-35)38(41(26-37)48-29-36-19-15-12-16-20-36)27-39-34(7)21-22-42-44(8,9)43(46)23-24-45(39,42)10/h11-20,25-26,31-33,39,42-43,46H,7,21-24,27-30H2,1-6,8-10H3/t39-,42-,43-,45+/m0/s1. The van der Waals surface area contributed by atoms with Crippen molar-refractivity contribution in [1.29, 1.82) is 0 Å². The van der Waals surface area contributed by atoms with Crippen molar-refractivity contribution in [3.63, 3.8) is 0 Å². The Bertz CT molecular complexity index is 1480. The molecule has 5 heteroatoms. The number of ether oxygens (including phenoxy) is 2. The maximum absolute atomic E-state index is 11.1. The van der Waals surface area contributed by atoms with Gasteiger partial charge in [0.05, 0.1) is 12.7 Å². The second-order valence-corrected chi connectivity index (χ2v) is 22.6. The van der Waals surface area contributed by atoms with Crippen LogP contribution in [0.4, 0.5) is 0 Å². The minimum absolute atomic E-state index is 0.0181. The molecule has 0 saturated heterocycles. The quantitative estimate of drug-likeness (QED) is 0.135. The van der Waals surface area contributed by atoms with Gasteiger partial charge in [-0.3, -0.25) is 0 Å². The van der Waals surface area contributed by atoms with Crippen LogP contribution in [0.25, 0.3) is 0 Å². The molecule has 3 aromatic rings. The summed E-state index contributed by atoms with van der Waals surface area (Å²) < 4.78 is 20.8. The third-order valence-electron chi connectivity index (χ3n) is 12.9. The molecule has 0 bridgehead atoms. The highest BCUT2D eigenvalue weighted by atomic mass is 28.4. The maximum Gasteiger partial charge on any atom is 0.200 e. The predicted octanol–water partition coefficient (Wildman–Crippen LogP) is 11.8. The van der Waals surface area contributed by atoms with E-state index in [9.17, 15) is 5.11 Å². The molecule has 0 amide bonds. The molecule has 1 N–H and O–H groups in total. The van der Waals surface area contributed by atoms with Gasteiger partial charge in [-0.2, -0.15) is 0 Å². The zero-order chi connectivity index (χ0) is 36.3. The molecule has 0 heterocycles. The summed E-state index contributed by atoms with van der Waals surface area (Å²) in [6.45, 7) is 27.3. The molecule has 2 aliphatic rings. The van der Waals surface area contributed by atoms with Crippen LogP contribution in [0.3, 0.4) is 0 Å². The number of hydrogen-bond donors (Lipinski definition) is 1. The van der Waals surface area contributed by atoms with Crippen LogP contribution in [0.15, 0.2) is 84.9 Å². The summed E-state index contributed by atoms with van der Waals surface area (Å²) in [6, 6.07) is 25.3. The van der Waals surface area contributed by atoms with Gasteiger partial charge in [0.15, 0.2) is 0 Å². The largest absolute Gasteiger partial charge is 0.488 e. The Labute approximate surface area is 304 Å². The fourth-order valence-corrected chi connectivity index (χ4v) is 15.6. The fraction of sp³-hybridized carbons (Fsp3) is 0.556. The lowest BCUT2D eigenvalue weighted by molar-refractivity contribution is -0.123. The van der Waals surface area contributed by atoms with Crippen LogP contribution in [-0.2, 0) is 30.7 Å². The summed E-state index contributed by atoms with van der Waals surface area (Å²) in [5, 5.41) is 11.1. The first-order valence-electron chi connectivity index (χ1n) is 19.2. The van der Waals surface area contributed by atoms with Crippen molar-refractivity contribution in [3.05, 3.63) is 107 Å². The Balaban J connectivity index is 1.59. The topological polar surface area (TPSA) is 47.9 Å². The highest BCUT2D eigenvalue weighted by Gasteiger charge is 2.56. The average molecular weight is 697 g/mol. The van der Waals surface area contributed by atoms with Crippen molar-refractivity contribution >= 4 is 8.32 Å². The van der Waals surface area contributed by atoms with E-state index in [1.807, 2.05) is 12.1 Å². The molecule has 0 radical (unpaired) electrons. The summed E-state index contributed by atoms with van der Waals surface area (Å²) in [5.41, 5.74) is 7.13. The van der Waals surface area contributed by atoms with E-state index in [4.69, 9.17) is 20.5 Å². The van der Waals surface area contributed by atoms with E-state index in [1.54, 1.807) is 0 Å². The molecule has 5 rings (SSSR count). The van der Waals surface area contributed by atoms with Crippen molar-refractivity contribution < 1.29 is 19.0 Å². The van der Waals surface area contributed by atoms with Crippen molar-refractivity contribution in [2.24, 2.45) is 22.7 Å². The van der Waals surface area contributed by atoms with Crippen molar-refractivity contribution in [3.8, 4) is 11.5 Å². The van der Waals surface area contributed by atoms with Gasteiger partial charge in [0.2, 0.25) is 8.32 Å². The monoisotopic (exact) mass is 696 g/mol. The van der Waals surface area contributed by atoms with Gasteiger partial charge in [0.25, 0.3) is 0 Å². The highest BCUT2D eigenvalue weighted by Crippen LogP contribution is 2.62. The number of fused-ring (bicyclic) bond motifs is 1. The van der Waals surface area contributed by atoms with Gasteiger partial charge in [0, 0.05) is 5.56 Å². The van der Waals surface area contributed by atoms with Crippen molar-refractivity contribution in [1.82, 2.24) is 0 Å². The second kappa shape index (κ2) is 15.8. The van der Waals surface area contributed by atoms with E-state index in [1.165, 1.54) is 5.57 Å². The molecule has 2 aliphatic carbocycles. The van der Waals surface area contributed by atoms with Crippen LogP contribution in [0, 0.1) is 22.7 Å². The lowest BCUT2D eigenvalue weighted by Crippen LogP contribution is -2.55. The molecule has 50 heavy (non-hydrogen) atoms. The molecule has 4 atom stereocenters. The zero-order valence-corrected chi connectivity index (χ0v) is 33.4. The number of hydrogen-bond acceptors (Lipinski definition) is 4. The Morgan fingerprint density at radius 1 is 0.740 bits per heavy atom. The molecule has 3 aromatic carbocycles. The Hall–Kier alpha value is -2.86. The Kier molecular flexibility index (Phi) is 12.1. The minimum Gasteiger partial charge on any atom is -0.488 e. The zero-order valence-electron chi connectivity index (χ0n) is 32.4. The third kappa shape index (κ3) is 7.81. The Morgan fingerprint density at radius 3 is 1.72 bits per heavy atom. The van der Waals surface area contributed by atoms with Crippen LogP contribution >= 0.6 is 0 Å². The molecule has 2 saturated carbocycles. The molecule has 2 fully saturated rings. The molecule has 0 spiro atoms. The lowest BCUT2D eigenvalue weighted by Gasteiger charge is -2.59. The van der Waals surface area contributed by atoms with Gasteiger partial charge in [-0.15, -0.1) is 0 Å². The van der Waals surface area contributed by atoms with Crippen LogP contribution in [-0.4, -0.2) is 19.5 Å². The van der Waals surface area contributed by atoms with E-state index < -0.39 is 8.32 Å². The number of aliphatic hydroxyl groups is 1. The van der Waals surface area contributed by atoms with Gasteiger partial charge in [-0.05, 0) is 100 Å². The van der Waals surface area contributed by atoms with Gasteiger partial charge >= 0.3 is 0 Å². The highest BCUT2D eigenvalue weighted by molar-refractivity contribution is 6.77. The molecule has 272 valence electrons. The van der Waals surface area contributed by atoms with Crippen LogP contribution in [0.5, 0.6) is 11.5 Å². The number of allylic oxidation sites excluding steroid dienone is 1. The van der Waals surface area contributed by atoms with E-state index in [-0.39, 0.29) is 22.9 Å². The normalized spacial score (nSPS) is 23.7. The van der Waals surface area contributed by atoms with E-state index in [0.29, 0.717) is 42.4 Å². The smallest absolute Gasteiger partial charge is 0.200 e. The second-order valence-electron chi connectivity index (χ2n) is 17.1. The van der Waals surface area contributed by atoms with Gasteiger partial charge < -0.3 is 19.0 Å². The minimum atomic E-state index is -2.11. The summed E-state index contributed by atoms with van der Waals surface area (Å²) in [6.07, 6.45) is 4.39. The van der Waals surface area contributed by atoms with Gasteiger partial charge in [0.1, 0.15) is 24.7 Å². The lowest BCUT2D eigenvalue weighted by atomic mass is 9.46. The van der Waals surface area contributed by atoms with E-state index in [2.05, 4.69) is 123 Å². The SMILES string of the molecule is C=C1CC[C@H]2C(C)(C)[C@@H](O)CC[C@]2(C)[C@H]1Cc1c(OCc2ccccc2)cc(CO[Si](C(C)C)(C(C)C)C(C)C)cc1OCc1ccccc1. The third-order valence-corrected chi connectivity index (χ3v) is 18.9. The molecule has 4 nitrogen and oxygen atoms in total. The number of aliphatic hydroxyl groups excluding tert-OH is 1. The maximum atomic E-state index is 11.1. The molecular formula is C45H64O4Si. The van der Waals surface area contributed by atoms with Crippen molar-refractivity contribution in [2.45, 2.75) is 137 Å². The number of rotatable bonds is 14.